The molecule has 6 heteroatoms. The van der Waals surface area contributed by atoms with Crippen molar-refractivity contribution < 1.29 is 0 Å². The summed E-state index contributed by atoms with van der Waals surface area (Å²) in [5.41, 5.74) is 8.13. The van der Waals surface area contributed by atoms with Crippen molar-refractivity contribution in [3.8, 4) is 0 Å². The monoisotopic (exact) mass is 361 g/mol. The van der Waals surface area contributed by atoms with Gasteiger partial charge in [0.1, 0.15) is 6.04 Å². The SMILES string of the molecule is CCC(N)C(c1cc(Br)cs1)n1nc(C)c(Cl)c1C. The number of halogens is 2. The Hall–Kier alpha value is -0.360. The molecule has 19 heavy (non-hydrogen) atoms. The van der Waals surface area contributed by atoms with Gasteiger partial charge in [0.2, 0.25) is 0 Å². The predicted molar refractivity (Wildman–Crippen MR) is 85.1 cm³/mol. The molecule has 0 saturated carbocycles. The van der Waals surface area contributed by atoms with E-state index in [0.717, 1.165) is 27.3 Å². The number of hydrogen-bond acceptors (Lipinski definition) is 3. The summed E-state index contributed by atoms with van der Waals surface area (Å²) in [6.45, 7) is 6.00. The Kier molecular flexibility index (Phi) is 4.71. The number of thiophene rings is 1. The fourth-order valence-electron chi connectivity index (χ4n) is 2.13. The Morgan fingerprint density at radius 1 is 1.53 bits per heavy atom. The molecule has 0 radical (unpaired) electrons. The average molecular weight is 363 g/mol. The number of hydrogen-bond donors (Lipinski definition) is 1. The van der Waals surface area contributed by atoms with E-state index in [1.54, 1.807) is 11.3 Å². The molecule has 0 aliphatic rings. The van der Waals surface area contributed by atoms with Crippen LogP contribution in [0.3, 0.4) is 0 Å². The first kappa shape index (κ1) is 15.0. The molecule has 2 aromatic heterocycles. The molecule has 0 aliphatic heterocycles. The second-order valence-electron chi connectivity index (χ2n) is 4.61. The van der Waals surface area contributed by atoms with Crippen LogP contribution in [0.15, 0.2) is 15.9 Å². The van der Waals surface area contributed by atoms with Crippen molar-refractivity contribution in [1.82, 2.24) is 9.78 Å². The van der Waals surface area contributed by atoms with Gasteiger partial charge in [0.25, 0.3) is 0 Å². The van der Waals surface area contributed by atoms with Gasteiger partial charge >= 0.3 is 0 Å². The molecule has 0 saturated heterocycles. The summed E-state index contributed by atoms with van der Waals surface area (Å²) in [5.74, 6) is 0. The zero-order chi connectivity index (χ0) is 14.2. The predicted octanol–water partition coefficient (Wildman–Crippen LogP) is 4.30. The van der Waals surface area contributed by atoms with Crippen LogP contribution in [0.2, 0.25) is 5.02 Å². The van der Waals surface area contributed by atoms with Crippen LogP contribution < -0.4 is 5.73 Å². The minimum atomic E-state index is 0.0135. The molecule has 0 fully saturated rings. The van der Waals surface area contributed by atoms with Crippen LogP contribution in [-0.4, -0.2) is 15.8 Å². The molecule has 2 heterocycles. The fraction of sp³-hybridized carbons (Fsp3) is 0.462. The molecule has 2 atom stereocenters. The molecule has 2 aromatic rings. The molecule has 2 N–H and O–H groups in total. The number of rotatable bonds is 4. The zero-order valence-corrected chi connectivity index (χ0v) is 14.3. The molecule has 2 unspecified atom stereocenters. The van der Waals surface area contributed by atoms with E-state index in [1.165, 1.54) is 4.88 Å². The lowest BCUT2D eigenvalue weighted by molar-refractivity contribution is 0.421. The van der Waals surface area contributed by atoms with Crippen LogP contribution in [0.25, 0.3) is 0 Å². The molecular weight excluding hydrogens is 346 g/mol. The van der Waals surface area contributed by atoms with Crippen LogP contribution in [0.1, 0.15) is 35.7 Å². The summed E-state index contributed by atoms with van der Waals surface area (Å²) in [4.78, 5) is 1.20. The highest BCUT2D eigenvalue weighted by Gasteiger charge is 2.26. The molecule has 0 amide bonds. The highest BCUT2D eigenvalue weighted by molar-refractivity contribution is 9.10. The van der Waals surface area contributed by atoms with E-state index in [-0.39, 0.29) is 12.1 Å². The summed E-state index contributed by atoms with van der Waals surface area (Å²) < 4.78 is 3.04. The van der Waals surface area contributed by atoms with Crippen molar-refractivity contribution in [3.05, 3.63) is 37.2 Å². The van der Waals surface area contributed by atoms with Gasteiger partial charge in [-0.15, -0.1) is 11.3 Å². The first-order chi connectivity index (χ1) is 8.95. The van der Waals surface area contributed by atoms with Crippen molar-refractivity contribution in [2.24, 2.45) is 5.73 Å². The van der Waals surface area contributed by atoms with Crippen LogP contribution in [0.5, 0.6) is 0 Å². The van der Waals surface area contributed by atoms with Crippen molar-refractivity contribution in [3.63, 3.8) is 0 Å². The van der Waals surface area contributed by atoms with Gasteiger partial charge in [0, 0.05) is 20.8 Å². The van der Waals surface area contributed by atoms with Crippen LogP contribution in [0.4, 0.5) is 0 Å². The molecule has 104 valence electrons. The second-order valence-corrected chi connectivity index (χ2v) is 6.85. The molecule has 0 aliphatic carbocycles. The first-order valence-electron chi connectivity index (χ1n) is 6.16. The molecule has 2 rings (SSSR count). The Morgan fingerprint density at radius 3 is 2.63 bits per heavy atom. The van der Waals surface area contributed by atoms with E-state index >= 15 is 0 Å². The van der Waals surface area contributed by atoms with Crippen LogP contribution >= 0.6 is 38.9 Å². The minimum Gasteiger partial charge on any atom is -0.326 e. The third-order valence-corrected chi connectivity index (χ3v) is 5.57. The Bertz CT molecular complexity index is 578. The Balaban J connectivity index is 2.52. The van der Waals surface area contributed by atoms with Gasteiger partial charge in [-0.2, -0.15) is 5.10 Å². The molecular formula is C13H17BrClN3S. The van der Waals surface area contributed by atoms with Crippen molar-refractivity contribution >= 4 is 38.9 Å². The molecule has 0 bridgehead atoms. The highest BCUT2D eigenvalue weighted by Crippen LogP contribution is 2.33. The van der Waals surface area contributed by atoms with Gasteiger partial charge in [-0.1, -0.05) is 18.5 Å². The lowest BCUT2D eigenvalue weighted by Crippen LogP contribution is -2.33. The van der Waals surface area contributed by atoms with Gasteiger partial charge in [0.15, 0.2) is 0 Å². The van der Waals surface area contributed by atoms with E-state index in [0.29, 0.717) is 0 Å². The fourth-order valence-corrected chi connectivity index (χ4v) is 3.86. The highest BCUT2D eigenvalue weighted by atomic mass is 79.9. The summed E-state index contributed by atoms with van der Waals surface area (Å²) in [6.07, 6.45) is 0.885. The molecule has 3 nitrogen and oxygen atoms in total. The van der Waals surface area contributed by atoms with Gasteiger partial charge in [-0.25, -0.2) is 0 Å². The van der Waals surface area contributed by atoms with Crippen molar-refractivity contribution in [2.45, 2.75) is 39.3 Å². The van der Waals surface area contributed by atoms with E-state index in [2.05, 4.69) is 39.4 Å². The van der Waals surface area contributed by atoms with Gasteiger partial charge in [0.05, 0.1) is 16.4 Å². The third kappa shape index (κ3) is 2.89. The third-order valence-electron chi connectivity index (χ3n) is 3.26. The maximum absolute atomic E-state index is 6.31. The number of aryl methyl sites for hydroxylation is 1. The first-order valence-corrected chi connectivity index (χ1v) is 8.21. The topological polar surface area (TPSA) is 43.8 Å². The zero-order valence-electron chi connectivity index (χ0n) is 11.2. The number of nitrogens with two attached hydrogens (primary N) is 1. The minimum absolute atomic E-state index is 0.0135. The Morgan fingerprint density at radius 2 is 2.21 bits per heavy atom. The van der Waals surface area contributed by atoms with Crippen molar-refractivity contribution in [2.75, 3.05) is 0 Å². The Labute approximate surface area is 130 Å². The maximum atomic E-state index is 6.31. The smallest absolute Gasteiger partial charge is 0.101 e. The number of nitrogens with zero attached hydrogens (tertiary/aromatic N) is 2. The quantitative estimate of drug-likeness (QED) is 0.881. The number of aromatic nitrogens is 2. The summed E-state index contributed by atoms with van der Waals surface area (Å²) in [7, 11) is 0. The maximum Gasteiger partial charge on any atom is 0.101 e. The van der Waals surface area contributed by atoms with E-state index in [9.17, 15) is 0 Å². The summed E-state index contributed by atoms with van der Waals surface area (Å²) in [6, 6.07) is 2.15. The van der Waals surface area contributed by atoms with Gasteiger partial charge in [-0.05, 0) is 42.3 Å². The largest absolute Gasteiger partial charge is 0.326 e. The van der Waals surface area contributed by atoms with E-state index in [1.807, 2.05) is 18.5 Å². The lowest BCUT2D eigenvalue weighted by Gasteiger charge is -2.23. The summed E-state index contributed by atoms with van der Waals surface area (Å²) >= 11 is 11.4. The van der Waals surface area contributed by atoms with Gasteiger partial charge in [-0.3, -0.25) is 4.68 Å². The van der Waals surface area contributed by atoms with Crippen LogP contribution in [-0.2, 0) is 0 Å². The lowest BCUT2D eigenvalue weighted by atomic mass is 10.1. The standard InChI is InChI=1S/C13H17BrClN3S/c1-4-10(16)13(11-5-9(14)6-19-11)18-8(3)12(15)7(2)17-18/h5-6,10,13H,4,16H2,1-3H3. The normalized spacial score (nSPS) is 14.6. The van der Waals surface area contributed by atoms with E-state index < -0.39 is 0 Å². The second kappa shape index (κ2) is 5.95. The average Bonchev–Trinajstić information content (AvgIpc) is 2.90. The van der Waals surface area contributed by atoms with Crippen LogP contribution in [0, 0.1) is 13.8 Å². The molecule has 0 spiro atoms. The van der Waals surface area contributed by atoms with Crippen molar-refractivity contribution in [1.29, 1.82) is 0 Å². The summed E-state index contributed by atoms with van der Waals surface area (Å²) in [5, 5.41) is 7.35. The van der Waals surface area contributed by atoms with E-state index in [4.69, 9.17) is 17.3 Å². The van der Waals surface area contributed by atoms with Gasteiger partial charge < -0.3 is 5.73 Å². The molecule has 0 aromatic carbocycles.